The van der Waals surface area contributed by atoms with E-state index in [0.717, 1.165) is 0 Å². The third-order valence-electron chi connectivity index (χ3n) is 3.20. The minimum Gasteiger partial charge on any atom is -0.490 e. The smallest absolute Gasteiger partial charge is 0.311 e. The van der Waals surface area contributed by atoms with Crippen LogP contribution in [0.5, 0.6) is 17.2 Å². The molecule has 8 heteroatoms. The second-order valence-electron chi connectivity index (χ2n) is 5.06. The molecule has 2 rings (SSSR count). The third-order valence-corrected chi connectivity index (χ3v) is 3.20. The molecule has 0 aliphatic carbocycles. The second kappa shape index (κ2) is 9.07. The van der Waals surface area contributed by atoms with E-state index in [-0.39, 0.29) is 29.7 Å². The van der Waals surface area contributed by atoms with E-state index in [9.17, 15) is 14.9 Å². The van der Waals surface area contributed by atoms with E-state index in [1.807, 2.05) is 0 Å². The van der Waals surface area contributed by atoms with Crippen molar-refractivity contribution in [3.05, 3.63) is 65.2 Å². The van der Waals surface area contributed by atoms with Gasteiger partial charge in [-0.1, -0.05) is 18.7 Å². The van der Waals surface area contributed by atoms with Crippen LogP contribution in [0.4, 0.5) is 11.4 Å². The van der Waals surface area contributed by atoms with E-state index in [2.05, 4.69) is 11.9 Å². The molecule has 1 amide bonds. The number of nitrogens with one attached hydrogen (secondary N) is 1. The quantitative estimate of drug-likeness (QED) is 0.420. The van der Waals surface area contributed by atoms with Gasteiger partial charge in [-0.05, 0) is 18.2 Å². The summed E-state index contributed by atoms with van der Waals surface area (Å²) in [5.74, 6) is 0.553. The van der Waals surface area contributed by atoms with E-state index < -0.39 is 4.92 Å². The Kier molecular flexibility index (Phi) is 6.55. The predicted molar refractivity (Wildman–Crippen MR) is 95.9 cm³/mol. The topological polar surface area (TPSA) is 99.9 Å². The van der Waals surface area contributed by atoms with Crippen molar-refractivity contribution in [3.8, 4) is 17.2 Å². The van der Waals surface area contributed by atoms with Gasteiger partial charge in [0, 0.05) is 23.9 Å². The van der Waals surface area contributed by atoms with Crippen molar-refractivity contribution in [3.63, 3.8) is 0 Å². The second-order valence-corrected chi connectivity index (χ2v) is 5.06. The first-order valence-electron chi connectivity index (χ1n) is 7.62. The Balaban J connectivity index is 1.94. The van der Waals surface area contributed by atoms with Crippen LogP contribution < -0.4 is 19.5 Å². The molecule has 0 heterocycles. The lowest BCUT2D eigenvalue weighted by atomic mass is 10.3. The molecule has 0 aromatic heterocycles. The number of hydrogen-bond donors (Lipinski definition) is 1. The number of nitro groups is 1. The lowest BCUT2D eigenvalue weighted by Crippen LogP contribution is -2.20. The summed E-state index contributed by atoms with van der Waals surface area (Å²) >= 11 is 0. The first kappa shape index (κ1) is 18.8. The standard InChI is InChI=1S/C18H18N2O6/c1-3-9-25-14-6-4-5-13(10-14)19-18(21)12-26-15-7-8-16(20(22)23)17(11-15)24-2/h3-8,10-11H,1,9,12H2,2H3,(H,19,21). The van der Waals surface area contributed by atoms with Gasteiger partial charge in [-0.3, -0.25) is 14.9 Å². The molecule has 0 radical (unpaired) electrons. The van der Waals surface area contributed by atoms with Crippen molar-refractivity contribution in [2.45, 2.75) is 0 Å². The normalized spacial score (nSPS) is 9.88. The molecule has 0 aliphatic rings. The highest BCUT2D eigenvalue weighted by Crippen LogP contribution is 2.30. The minimum absolute atomic E-state index is 0.0555. The summed E-state index contributed by atoms with van der Waals surface area (Å²) in [6, 6.07) is 10.9. The molecule has 8 nitrogen and oxygen atoms in total. The van der Waals surface area contributed by atoms with Crippen LogP contribution >= 0.6 is 0 Å². The Labute approximate surface area is 150 Å². The zero-order valence-corrected chi connectivity index (χ0v) is 14.1. The maximum absolute atomic E-state index is 12.0. The fourth-order valence-corrected chi connectivity index (χ4v) is 2.06. The predicted octanol–water partition coefficient (Wildman–Crippen LogP) is 3.19. The Hall–Kier alpha value is -3.55. The molecule has 1 N–H and O–H groups in total. The zero-order valence-electron chi connectivity index (χ0n) is 14.1. The van der Waals surface area contributed by atoms with Crippen LogP contribution in [0.25, 0.3) is 0 Å². The summed E-state index contributed by atoms with van der Waals surface area (Å²) in [6.45, 7) is 3.67. The monoisotopic (exact) mass is 358 g/mol. The van der Waals surface area contributed by atoms with Crippen molar-refractivity contribution in [1.82, 2.24) is 0 Å². The summed E-state index contributed by atoms with van der Waals surface area (Å²) < 4.78 is 15.7. The largest absolute Gasteiger partial charge is 0.490 e. The van der Waals surface area contributed by atoms with Gasteiger partial charge >= 0.3 is 5.69 Å². The number of hydrogen-bond acceptors (Lipinski definition) is 6. The van der Waals surface area contributed by atoms with Crippen molar-refractivity contribution in [2.24, 2.45) is 0 Å². The summed E-state index contributed by atoms with van der Waals surface area (Å²) in [5.41, 5.74) is 0.377. The van der Waals surface area contributed by atoms with E-state index in [4.69, 9.17) is 14.2 Å². The molecule has 0 saturated heterocycles. The Morgan fingerprint density at radius 3 is 2.69 bits per heavy atom. The molecular weight excluding hydrogens is 340 g/mol. The molecule has 0 bridgehead atoms. The van der Waals surface area contributed by atoms with Crippen molar-refractivity contribution < 1.29 is 23.9 Å². The lowest BCUT2D eigenvalue weighted by Gasteiger charge is -2.10. The molecule has 0 aliphatic heterocycles. The number of methoxy groups -OCH3 is 1. The van der Waals surface area contributed by atoms with Gasteiger partial charge in [0.1, 0.15) is 18.1 Å². The number of rotatable bonds is 9. The molecular formula is C18H18N2O6. The summed E-state index contributed by atoms with van der Waals surface area (Å²) in [5, 5.41) is 13.5. The van der Waals surface area contributed by atoms with Crippen LogP contribution in [0.3, 0.4) is 0 Å². The van der Waals surface area contributed by atoms with Crippen LogP contribution in [0.2, 0.25) is 0 Å². The highest BCUT2D eigenvalue weighted by Gasteiger charge is 2.15. The van der Waals surface area contributed by atoms with Gasteiger partial charge in [0.2, 0.25) is 5.75 Å². The highest BCUT2D eigenvalue weighted by atomic mass is 16.6. The van der Waals surface area contributed by atoms with Crippen molar-refractivity contribution in [1.29, 1.82) is 0 Å². The summed E-state index contributed by atoms with van der Waals surface area (Å²) in [6.07, 6.45) is 1.62. The minimum atomic E-state index is -0.559. The van der Waals surface area contributed by atoms with Gasteiger partial charge in [0.15, 0.2) is 6.61 Å². The van der Waals surface area contributed by atoms with E-state index in [1.165, 1.54) is 25.3 Å². The maximum atomic E-state index is 12.0. The number of anilines is 1. The Morgan fingerprint density at radius 1 is 1.23 bits per heavy atom. The first-order valence-corrected chi connectivity index (χ1v) is 7.62. The number of nitrogens with zero attached hydrogens (tertiary/aromatic N) is 1. The van der Waals surface area contributed by atoms with E-state index in [1.54, 1.807) is 30.3 Å². The number of ether oxygens (including phenoxy) is 3. The molecule has 2 aromatic carbocycles. The average molecular weight is 358 g/mol. The first-order chi connectivity index (χ1) is 12.5. The number of carbonyl (C=O) groups excluding carboxylic acids is 1. The van der Waals surface area contributed by atoms with Gasteiger partial charge in [0.25, 0.3) is 5.91 Å². The van der Waals surface area contributed by atoms with Gasteiger partial charge in [0.05, 0.1) is 12.0 Å². The number of carbonyl (C=O) groups is 1. The fourth-order valence-electron chi connectivity index (χ4n) is 2.06. The Morgan fingerprint density at radius 2 is 2.00 bits per heavy atom. The molecule has 0 atom stereocenters. The van der Waals surface area contributed by atoms with Crippen LogP contribution in [-0.4, -0.2) is 31.2 Å². The number of nitro benzene ring substituents is 1. The van der Waals surface area contributed by atoms with Crippen LogP contribution in [0.15, 0.2) is 55.1 Å². The summed E-state index contributed by atoms with van der Waals surface area (Å²) in [4.78, 5) is 22.3. The molecule has 26 heavy (non-hydrogen) atoms. The summed E-state index contributed by atoms with van der Waals surface area (Å²) in [7, 11) is 1.32. The SMILES string of the molecule is C=CCOc1cccc(NC(=O)COc2ccc([N+](=O)[O-])c(OC)c2)c1. The molecule has 2 aromatic rings. The lowest BCUT2D eigenvalue weighted by molar-refractivity contribution is -0.385. The van der Waals surface area contributed by atoms with Crippen molar-refractivity contribution in [2.75, 3.05) is 25.6 Å². The van der Waals surface area contributed by atoms with Gasteiger partial charge in [-0.25, -0.2) is 0 Å². The van der Waals surface area contributed by atoms with Gasteiger partial charge < -0.3 is 19.5 Å². The average Bonchev–Trinajstić information content (AvgIpc) is 2.64. The molecule has 0 unspecified atom stereocenters. The number of amides is 1. The number of benzene rings is 2. The molecule has 0 saturated carbocycles. The molecule has 0 fully saturated rings. The van der Waals surface area contributed by atoms with Crippen molar-refractivity contribution >= 4 is 17.3 Å². The van der Waals surface area contributed by atoms with Crippen LogP contribution in [0.1, 0.15) is 0 Å². The van der Waals surface area contributed by atoms with E-state index in [0.29, 0.717) is 18.0 Å². The fraction of sp³-hybridized carbons (Fsp3) is 0.167. The maximum Gasteiger partial charge on any atom is 0.311 e. The third kappa shape index (κ3) is 5.23. The van der Waals surface area contributed by atoms with Crippen LogP contribution in [0, 0.1) is 10.1 Å². The van der Waals surface area contributed by atoms with E-state index >= 15 is 0 Å². The highest BCUT2D eigenvalue weighted by molar-refractivity contribution is 5.92. The Bertz CT molecular complexity index is 806. The van der Waals surface area contributed by atoms with Gasteiger partial charge in [-0.2, -0.15) is 0 Å². The van der Waals surface area contributed by atoms with Gasteiger partial charge in [-0.15, -0.1) is 0 Å². The molecule has 136 valence electrons. The van der Waals surface area contributed by atoms with Crippen LogP contribution in [-0.2, 0) is 4.79 Å². The molecule has 0 spiro atoms. The zero-order chi connectivity index (χ0) is 18.9.